The third-order valence-corrected chi connectivity index (χ3v) is 7.48. The van der Waals surface area contributed by atoms with Crippen molar-refractivity contribution < 1.29 is 43.0 Å². The summed E-state index contributed by atoms with van der Waals surface area (Å²) in [4.78, 5) is 80.3. The van der Waals surface area contributed by atoms with E-state index < -0.39 is 72.2 Å². The van der Waals surface area contributed by atoms with E-state index in [1.807, 2.05) is 36.4 Å². The van der Waals surface area contributed by atoms with Gasteiger partial charge in [0, 0.05) is 17.8 Å². The van der Waals surface area contributed by atoms with Crippen LogP contribution in [0.4, 0.5) is 15.3 Å². The number of ether oxygens (including phenoxy) is 3. The first-order valence-corrected chi connectivity index (χ1v) is 17.6. The number of anilines is 1. The molecule has 296 valence electrons. The minimum Gasteiger partial charge on any atom is -0.467 e. The summed E-state index contributed by atoms with van der Waals surface area (Å²) in [5.74, 6) is -3.69. The standard InChI is InChI=1S/C38H41Cl2N7O9/c1-37(2,3)55-35(52)46-34(47-36(53)56-38(4,5)6)44-25-14-21(18-41)13-24(15-25)31(49)43-20-29(48)42-19-28(33(51)54-7)45-32(50)30-26(39)16-23(17-27(30)40)22-11-9-8-10-12-22/h8-17,28H,19-20H2,1-7H3,(H,42,48)(H,43,49)(H,45,50)(H2,44,46,47,52,53)/t28-/m0/s1. The molecule has 0 aliphatic carbocycles. The molecule has 0 aliphatic heterocycles. The van der Waals surface area contributed by atoms with E-state index in [1.165, 1.54) is 18.2 Å². The third kappa shape index (κ3) is 14.2. The Bertz CT molecular complexity index is 2030. The number of hydrogen-bond acceptors (Lipinski definition) is 10. The number of methoxy groups -OCH3 is 1. The number of carbonyl (C=O) groups is 6. The maximum atomic E-state index is 13.2. The predicted octanol–water partition coefficient (Wildman–Crippen LogP) is 5.58. The van der Waals surface area contributed by atoms with Gasteiger partial charge in [-0.2, -0.15) is 5.26 Å². The Hall–Kier alpha value is -6.18. The Morgan fingerprint density at radius 3 is 2.02 bits per heavy atom. The summed E-state index contributed by atoms with van der Waals surface area (Å²) in [5, 5.41) is 21.9. The van der Waals surface area contributed by atoms with Crippen molar-refractivity contribution in [2.24, 2.45) is 4.99 Å². The number of nitrogens with one attached hydrogen (secondary N) is 5. The van der Waals surface area contributed by atoms with E-state index in [-0.39, 0.29) is 32.4 Å². The fraction of sp³-hybridized carbons (Fsp3) is 0.316. The van der Waals surface area contributed by atoms with Gasteiger partial charge in [0.2, 0.25) is 11.9 Å². The largest absolute Gasteiger partial charge is 0.467 e. The summed E-state index contributed by atoms with van der Waals surface area (Å²) in [7, 11) is 1.09. The van der Waals surface area contributed by atoms with Crippen molar-refractivity contribution in [3.63, 3.8) is 0 Å². The van der Waals surface area contributed by atoms with Crippen LogP contribution in [-0.4, -0.2) is 79.3 Å². The van der Waals surface area contributed by atoms with Gasteiger partial charge in [-0.1, -0.05) is 53.5 Å². The minimum atomic E-state index is -1.38. The number of halogens is 2. The second kappa shape index (κ2) is 19.4. The topological polar surface area (TPSA) is 226 Å². The van der Waals surface area contributed by atoms with Crippen molar-refractivity contribution in [2.45, 2.75) is 58.8 Å². The van der Waals surface area contributed by atoms with Gasteiger partial charge in [-0.05, 0) is 83.0 Å². The first-order valence-electron chi connectivity index (χ1n) is 16.8. The van der Waals surface area contributed by atoms with Crippen LogP contribution in [0.15, 0.2) is 65.7 Å². The van der Waals surface area contributed by atoms with Crippen LogP contribution < -0.4 is 26.6 Å². The zero-order valence-electron chi connectivity index (χ0n) is 31.6. The minimum absolute atomic E-state index is 0.00920. The van der Waals surface area contributed by atoms with Gasteiger partial charge in [0.15, 0.2) is 0 Å². The zero-order valence-corrected chi connectivity index (χ0v) is 33.1. The number of guanidine groups is 1. The number of esters is 1. The van der Waals surface area contributed by atoms with E-state index in [4.69, 9.17) is 37.4 Å². The summed E-state index contributed by atoms with van der Waals surface area (Å²) < 4.78 is 15.2. The molecule has 3 aromatic rings. The molecule has 5 N–H and O–H groups in total. The average molecular weight is 811 g/mol. The molecule has 0 saturated carbocycles. The van der Waals surface area contributed by atoms with Crippen molar-refractivity contribution in [1.82, 2.24) is 21.3 Å². The maximum absolute atomic E-state index is 13.2. The number of benzene rings is 3. The summed E-state index contributed by atoms with van der Waals surface area (Å²) >= 11 is 12.8. The van der Waals surface area contributed by atoms with Gasteiger partial charge in [-0.15, -0.1) is 4.99 Å². The fourth-order valence-electron chi connectivity index (χ4n) is 4.59. The Morgan fingerprint density at radius 2 is 1.45 bits per heavy atom. The molecule has 0 heterocycles. The number of alkyl carbamates (subject to hydrolysis) is 1. The van der Waals surface area contributed by atoms with Crippen molar-refractivity contribution in [1.29, 1.82) is 5.26 Å². The predicted molar refractivity (Wildman–Crippen MR) is 208 cm³/mol. The molecular formula is C38H41Cl2N7O9. The lowest BCUT2D eigenvalue weighted by atomic mass is 10.0. The molecule has 16 nitrogen and oxygen atoms in total. The van der Waals surface area contributed by atoms with Gasteiger partial charge >= 0.3 is 18.2 Å². The van der Waals surface area contributed by atoms with Gasteiger partial charge in [0.25, 0.3) is 11.8 Å². The van der Waals surface area contributed by atoms with Gasteiger partial charge in [-0.3, -0.25) is 19.7 Å². The van der Waals surface area contributed by atoms with E-state index in [9.17, 15) is 34.0 Å². The molecule has 0 fully saturated rings. The lowest BCUT2D eigenvalue weighted by Crippen LogP contribution is -2.50. The molecule has 3 rings (SSSR count). The van der Waals surface area contributed by atoms with E-state index in [1.54, 1.807) is 53.7 Å². The summed E-state index contributed by atoms with van der Waals surface area (Å²) in [6.07, 6.45) is -2.03. The number of hydrogen-bond donors (Lipinski definition) is 5. The van der Waals surface area contributed by atoms with Crippen LogP contribution in [0.5, 0.6) is 0 Å². The highest BCUT2D eigenvalue weighted by Gasteiger charge is 2.26. The molecule has 0 radical (unpaired) electrons. The summed E-state index contributed by atoms with van der Waals surface area (Å²) in [6.45, 7) is 8.70. The highest BCUT2D eigenvalue weighted by Crippen LogP contribution is 2.32. The van der Waals surface area contributed by atoms with Crippen molar-refractivity contribution in [3.8, 4) is 17.2 Å². The molecule has 18 heteroatoms. The molecule has 0 unspecified atom stereocenters. The maximum Gasteiger partial charge on any atom is 0.437 e. The lowest BCUT2D eigenvalue weighted by Gasteiger charge is -2.21. The van der Waals surface area contributed by atoms with Crippen LogP contribution >= 0.6 is 23.2 Å². The number of carbonyl (C=O) groups excluding carboxylic acids is 6. The van der Waals surface area contributed by atoms with Crippen LogP contribution in [0.25, 0.3) is 11.1 Å². The molecule has 0 aliphatic rings. The van der Waals surface area contributed by atoms with Gasteiger partial charge in [0.1, 0.15) is 17.2 Å². The van der Waals surface area contributed by atoms with Crippen LogP contribution in [0.1, 0.15) is 67.8 Å². The highest BCUT2D eigenvalue weighted by atomic mass is 35.5. The fourth-order valence-corrected chi connectivity index (χ4v) is 5.25. The number of amides is 5. The highest BCUT2D eigenvalue weighted by molar-refractivity contribution is 6.40. The first-order chi connectivity index (χ1) is 26.2. The van der Waals surface area contributed by atoms with Crippen molar-refractivity contribution in [2.75, 3.05) is 25.5 Å². The van der Waals surface area contributed by atoms with Crippen molar-refractivity contribution in [3.05, 3.63) is 87.4 Å². The molecule has 0 aromatic heterocycles. The third-order valence-electron chi connectivity index (χ3n) is 6.88. The van der Waals surface area contributed by atoms with E-state index in [0.717, 1.165) is 12.7 Å². The van der Waals surface area contributed by atoms with Crippen molar-refractivity contribution >= 4 is 70.7 Å². The Labute approximate surface area is 333 Å². The summed E-state index contributed by atoms with van der Waals surface area (Å²) in [6, 6.07) is 16.6. The molecule has 1 atom stereocenters. The van der Waals surface area contributed by atoms with E-state index in [0.29, 0.717) is 5.56 Å². The SMILES string of the molecule is COC(=O)[C@H](CNC(=O)CNC(=O)c1cc(C#N)cc(N/C(=N/C(=O)OC(C)(C)C)NC(=O)OC(C)(C)C)c1)NC(=O)c1c(Cl)cc(-c2ccccc2)cc1Cl. The first kappa shape index (κ1) is 44.2. The lowest BCUT2D eigenvalue weighted by molar-refractivity contribution is -0.142. The second-order valence-corrected chi connectivity index (χ2v) is 14.6. The molecule has 3 aromatic carbocycles. The number of nitrogens with zero attached hydrogens (tertiary/aromatic N) is 2. The second-order valence-electron chi connectivity index (χ2n) is 13.8. The zero-order chi connectivity index (χ0) is 41.8. The molecule has 0 saturated heterocycles. The molecule has 56 heavy (non-hydrogen) atoms. The van der Waals surface area contributed by atoms with Crippen LogP contribution in [-0.2, 0) is 23.8 Å². The molecule has 5 amide bonds. The Kier molecular flexibility index (Phi) is 15.3. The molecule has 0 spiro atoms. The van der Waals surface area contributed by atoms with Gasteiger partial charge in [-0.25, -0.2) is 14.4 Å². The Morgan fingerprint density at radius 1 is 0.821 bits per heavy atom. The van der Waals surface area contributed by atoms with Gasteiger partial charge < -0.3 is 35.5 Å². The Balaban J connectivity index is 1.70. The quantitative estimate of drug-likeness (QED) is 0.0736. The van der Waals surface area contributed by atoms with E-state index >= 15 is 0 Å². The average Bonchev–Trinajstić information content (AvgIpc) is 3.10. The normalized spacial score (nSPS) is 11.9. The number of aliphatic imine (C=N–C) groups is 1. The van der Waals surface area contributed by atoms with Crippen LogP contribution in [0.2, 0.25) is 10.0 Å². The number of nitriles is 1. The van der Waals surface area contributed by atoms with Crippen LogP contribution in [0, 0.1) is 11.3 Å². The van der Waals surface area contributed by atoms with E-state index in [2.05, 4.69) is 31.6 Å². The monoisotopic (exact) mass is 809 g/mol. The molecule has 0 bridgehead atoms. The summed E-state index contributed by atoms with van der Waals surface area (Å²) in [5.41, 5.74) is -0.498. The smallest absolute Gasteiger partial charge is 0.437 e. The van der Waals surface area contributed by atoms with Gasteiger partial charge in [0.05, 0.1) is 40.9 Å². The number of rotatable bonds is 10. The molecular weight excluding hydrogens is 769 g/mol. The van der Waals surface area contributed by atoms with Crippen LogP contribution in [0.3, 0.4) is 0 Å².